The van der Waals surface area contributed by atoms with Crippen molar-refractivity contribution in [3.8, 4) is 0 Å². The van der Waals surface area contributed by atoms with E-state index in [1.807, 2.05) is 52.0 Å². The summed E-state index contributed by atoms with van der Waals surface area (Å²) in [7, 11) is 0. The van der Waals surface area contributed by atoms with Crippen molar-refractivity contribution in [1.82, 2.24) is 5.32 Å². The number of alkyl halides is 1. The average molecular weight is 369 g/mol. The van der Waals surface area contributed by atoms with Gasteiger partial charge in [-0.2, -0.15) is 0 Å². The molecular weight excluding hydrogens is 344 g/mol. The number of para-hydroxylation sites is 1. The number of rotatable bonds is 6. The van der Waals surface area contributed by atoms with Crippen molar-refractivity contribution < 1.29 is 9.59 Å². The van der Waals surface area contributed by atoms with Gasteiger partial charge in [-0.15, -0.1) is 0 Å². The molecule has 1 aromatic rings. The van der Waals surface area contributed by atoms with Gasteiger partial charge in [0.1, 0.15) is 0 Å². The summed E-state index contributed by atoms with van der Waals surface area (Å²) in [6.45, 7) is 8.34. The molecule has 0 aliphatic rings. The van der Waals surface area contributed by atoms with Gasteiger partial charge in [0.25, 0.3) is 0 Å². The molecule has 4 nitrogen and oxygen atoms in total. The molecule has 0 heterocycles. The molecule has 2 amide bonds. The first-order valence-corrected chi connectivity index (χ1v) is 8.46. The van der Waals surface area contributed by atoms with Gasteiger partial charge in [-0.25, -0.2) is 0 Å². The second-order valence-corrected chi connectivity index (χ2v) is 7.24. The van der Waals surface area contributed by atoms with Crippen molar-refractivity contribution >= 4 is 33.4 Å². The fraction of sp³-hybridized carbons (Fsp3) is 0.529. The average Bonchev–Trinajstić information content (AvgIpc) is 2.45. The molecule has 0 fully saturated rings. The predicted molar refractivity (Wildman–Crippen MR) is 94.2 cm³/mol. The van der Waals surface area contributed by atoms with Gasteiger partial charge in [-0.1, -0.05) is 61.8 Å². The standard InChI is InChI=1S/C17H25BrN2O2/c1-5-12-8-6-7-9-13(12)20-14(21)10-11-19-16(22)15(18)17(2,3)4/h6-9,15H,5,10-11H2,1-4H3,(H,19,22)(H,20,21)/t15-/m1/s1. The Morgan fingerprint density at radius 2 is 1.86 bits per heavy atom. The van der Waals surface area contributed by atoms with E-state index in [1.54, 1.807) is 0 Å². The van der Waals surface area contributed by atoms with E-state index in [0.29, 0.717) is 6.54 Å². The monoisotopic (exact) mass is 368 g/mol. The highest BCUT2D eigenvalue weighted by Crippen LogP contribution is 2.25. The van der Waals surface area contributed by atoms with Crippen molar-refractivity contribution in [1.29, 1.82) is 0 Å². The van der Waals surface area contributed by atoms with Crippen LogP contribution in [0.3, 0.4) is 0 Å². The zero-order valence-electron chi connectivity index (χ0n) is 13.7. The molecule has 1 rings (SSSR count). The fourth-order valence-corrected chi connectivity index (χ4v) is 2.11. The number of hydrogen-bond acceptors (Lipinski definition) is 2. The molecule has 0 unspecified atom stereocenters. The van der Waals surface area contributed by atoms with Crippen LogP contribution >= 0.6 is 15.9 Å². The van der Waals surface area contributed by atoms with E-state index in [2.05, 4.69) is 26.6 Å². The molecule has 0 aromatic heterocycles. The third-order valence-corrected chi connectivity index (χ3v) is 5.10. The van der Waals surface area contributed by atoms with Gasteiger partial charge < -0.3 is 10.6 Å². The van der Waals surface area contributed by atoms with Crippen LogP contribution in [0.15, 0.2) is 24.3 Å². The van der Waals surface area contributed by atoms with Crippen molar-refractivity contribution in [3.05, 3.63) is 29.8 Å². The summed E-state index contributed by atoms with van der Waals surface area (Å²) in [6.07, 6.45) is 1.12. The van der Waals surface area contributed by atoms with Crippen LogP contribution in [0.4, 0.5) is 5.69 Å². The summed E-state index contributed by atoms with van der Waals surface area (Å²) < 4.78 is 0. The molecule has 0 radical (unpaired) electrons. The van der Waals surface area contributed by atoms with E-state index in [1.165, 1.54) is 0 Å². The van der Waals surface area contributed by atoms with E-state index in [-0.39, 0.29) is 28.5 Å². The Balaban J connectivity index is 2.43. The number of nitrogens with one attached hydrogen (secondary N) is 2. The molecule has 0 aliphatic carbocycles. The summed E-state index contributed by atoms with van der Waals surface area (Å²) in [4.78, 5) is 23.6. The zero-order chi connectivity index (χ0) is 16.8. The SMILES string of the molecule is CCc1ccccc1NC(=O)CCNC(=O)[C@@H](Br)C(C)(C)C. The molecule has 22 heavy (non-hydrogen) atoms. The second kappa shape index (κ2) is 8.32. The van der Waals surface area contributed by atoms with Gasteiger partial charge in [-0.3, -0.25) is 9.59 Å². The highest BCUT2D eigenvalue weighted by atomic mass is 79.9. The molecule has 0 spiro atoms. The first-order valence-electron chi connectivity index (χ1n) is 7.55. The molecule has 0 aliphatic heterocycles. The Kier molecular flexibility index (Phi) is 7.07. The first kappa shape index (κ1) is 18.7. The van der Waals surface area contributed by atoms with Gasteiger partial charge in [0.05, 0.1) is 4.83 Å². The maximum absolute atomic E-state index is 12.0. The van der Waals surface area contributed by atoms with E-state index in [4.69, 9.17) is 0 Å². The molecule has 0 saturated carbocycles. The van der Waals surface area contributed by atoms with Crippen LogP contribution < -0.4 is 10.6 Å². The van der Waals surface area contributed by atoms with E-state index >= 15 is 0 Å². The number of carbonyl (C=O) groups is 2. The van der Waals surface area contributed by atoms with E-state index < -0.39 is 0 Å². The van der Waals surface area contributed by atoms with Crippen LogP contribution in [0.5, 0.6) is 0 Å². The molecule has 0 bridgehead atoms. The minimum atomic E-state index is -0.274. The van der Waals surface area contributed by atoms with E-state index in [0.717, 1.165) is 17.7 Å². The minimum Gasteiger partial charge on any atom is -0.355 e. The summed E-state index contributed by atoms with van der Waals surface area (Å²) >= 11 is 3.39. The van der Waals surface area contributed by atoms with Crippen LogP contribution in [0, 0.1) is 5.41 Å². The predicted octanol–water partition coefficient (Wildman–Crippen LogP) is 3.50. The summed E-state index contributed by atoms with van der Waals surface area (Å²) in [5.41, 5.74) is 1.79. The van der Waals surface area contributed by atoms with Crippen LogP contribution in [-0.2, 0) is 16.0 Å². The second-order valence-electron chi connectivity index (χ2n) is 6.33. The fourth-order valence-electron chi connectivity index (χ4n) is 1.95. The number of aryl methyl sites for hydroxylation is 1. The Morgan fingerprint density at radius 1 is 1.23 bits per heavy atom. The van der Waals surface area contributed by atoms with Crippen LogP contribution in [-0.4, -0.2) is 23.2 Å². The van der Waals surface area contributed by atoms with Crippen molar-refractivity contribution in [2.45, 2.75) is 45.4 Å². The zero-order valence-corrected chi connectivity index (χ0v) is 15.3. The molecule has 1 aromatic carbocycles. The lowest BCUT2D eigenvalue weighted by molar-refractivity contribution is -0.122. The lowest BCUT2D eigenvalue weighted by Crippen LogP contribution is -2.39. The quantitative estimate of drug-likeness (QED) is 0.754. The van der Waals surface area contributed by atoms with Crippen LogP contribution in [0.25, 0.3) is 0 Å². The normalized spacial score (nSPS) is 12.6. The first-order chi connectivity index (χ1) is 10.3. The lowest BCUT2D eigenvalue weighted by Gasteiger charge is -2.24. The Morgan fingerprint density at radius 3 is 2.45 bits per heavy atom. The topological polar surface area (TPSA) is 58.2 Å². The Labute approximate surface area is 141 Å². The number of carbonyl (C=O) groups excluding carboxylic acids is 2. The molecule has 0 saturated heterocycles. The smallest absolute Gasteiger partial charge is 0.234 e. The van der Waals surface area contributed by atoms with E-state index in [9.17, 15) is 9.59 Å². The summed E-state index contributed by atoms with van der Waals surface area (Å²) in [6, 6.07) is 7.74. The third kappa shape index (κ3) is 5.79. The number of benzene rings is 1. The molecule has 5 heteroatoms. The minimum absolute atomic E-state index is 0.0886. The van der Waals surface area contributed by atoms with Crippen molar-refractivity contribution in [3.63, 3.8) is 0 Å². The maximum atomic E-state index is 12.0. The number of amides is 2. The number of anilines is 1. The number of hydrogen-bond donors (Lipinski definition) is 2. The van der Waals surface area contributed by atoms with Crippen molar-refractivity contribution in [2.75, 3.05) is 11.9 Å². The van der Waals surface area contributed by atoms with Gasteiger partial charge in [0.15, 0.2) is 0 Å². The van der Waals surface area contributed by atoms with Crippen LogP contribution in [0.1, 0.15) is 39.7 Å². The molecule has 2 N–H and O–H groups in total. The largest absolute Gasteiger partial charge is 0.355 e. The molecular formula is C17H25BrN2O2. The number of halogens is 1. The Hall–Kier alpha value is -1.36. The summed E-state index contributed by atoms with van der Waals surface area (Å²) in [5.74, 6) is -0.183. The van der Waals surface area contributed by atoms with Gasteiger partial charge >= 0.3 is 0 Å². The van der Waals surface area contributed by atoms with Gasteiger partial charge in [0.2, 0.25) is 11.8 Å². The van der Waals surface area contributed by atoms with Crippen molar-refractivity contribution in [2.24, 2.45) is 5.41 Å². The highest BCUT2D eigenvalue weighted by molar-refractivity contribution is 9.10. The van der Waals surface area contributed by atoms with Gasteiger partial charge in [0, 0.05) is 18.7 Å². The summed E-state index contributed by atoms with van der Waals surface area (Å²) in [5, 5.41) is 5.68. The lowest BCUT2D eigenvalue weighted by atomic mass is 9.92. The molecule has 1 atom stereocenters. The maximum Gasteiger partial charge on any atom is 0.234 e. The van der Waals surface area contributed by atoms with Crippen LogP contribution in [0.2, 0.25) is 0 Å². The highest BCUT2D eigenvalue weighted by Gasteiger charge is 2.28. The molecule has 122 valence electrons. The Bertz CT molecular complexity index is 524. The third-order valence-electron chi connectivity index (χ3n) is 3.31. The van der Waals surface area contributed by atoms with Gasteiger partial charge in [-0.05, 0) is 23.5 Å².